The van der Waals surface area contributed by atoms with Crippen LogP contribution in [0, 0.1) is 0 Å². The van der Waals surface area contributed by atoms with Crippen LogP contribution in [0.4, 0.5) is 15.1 Å². The van der Waals surface area contributed by atoms with Gasteiger partial charge in [0.1, 0.15) is 0 Å². The first kappa shape index (κ1) is 20.7. The van der Waals surface area contributed by atoms with Crippen LogP contribution >= 0.6 is 12.2 Å². The zero-order chi connectivity index (χ0) is 21.7. The molecular weight excluding hydrogens is 589 g/mol. The number of hydrogen-bond acceptors (Lipinski definition) is 4. The molecule has 8 heteroatoms. The summed E-state index contributed by atoms with van der Waals surface area (Å²) in [6, 6.07) is 21.3. The average molecular weight is 606 g/mol. The van der Waals surface area contributed by atoms with Crippen molar-refractivity contribution < 1.29 is 9.59 Å². The third-order valence-corrected chi connectivity index (χ3v) is 11.0. The van der Waals surface area contributed by atoms with Gasteiger partial charge in [-0.3, -0.25) is 0 Å². The molecule has 2 aromatic carbocycles. The van der Waals surface area contributed by atoms with Crippen LogP contribution in [0.1, 0.15) is 3.58 Å². The predicted octanol–water partition coefficient (Wildman–Crippen LogP) is 1.78. The van der Waals surface area contributed by atoms with Gasteiger partial charge in [-0.25, -0.2) is 0 Å². The van der Waals surface area contributed by atoms with Crippen molar-refractivity contribution in [3.63, 3.8) is 0 Å². The minimum atomic E-state index is -0.788. The number of para-hydroxylation sites is 2. The first-order valence-electron chi connectivity index (χ1n) is 9.53. The second kappa shape index (κ2) is 8.05. The van der Waals surface area contributed by atoms with Crippen LogP contribution < -0.4 is 13.8 Å². The van der Waals surface area contributed by atoms with Gasteiger partial charge in [0.2, 0.25) is 0 Å². The summed E-state index contributed by atoms with van der Waals surface area (Å²) in [5, 5.41) is 0.228. The van der Waals surface area contributed by atoms with Crippen molar-refractivity contribution in [1.29, 1.82) is 0 Å². The summed E-state index contributed by atoms with van der Waals surface area (Å²) in [4.78, 5) is 30.4. The molecule has 0 atom stereocenters. The van der Waals surface area contributed by atoms with Gasteiger partial charge < -0.3 is 0 Å². The molecule has 0 saturated carbocycles. The number of amides is 2. The fraction of sp³-hybridized carbons (Fsp3) is 0.0870. The summed E-state index contributed by atoms with van der Waals surface area (Å²) in [6.45, 7) is 0. The Morgan fingerprint density at radius 2 is 1.39 bits per heavy atom. The molecule has 2 amide bonds. The topological polar surface area (TPSA) is 43.9 Å². The molecule has 1 fully saturated rings. The van der Waals surface area contributed by atoms with Crippen LogP contribution in [-0.2, 0) is 9.59 Å². The van der Waals surface area contributed by atoms with E-state index in [1.54, 1.807) is 20.2 Å². The standard InChI is InChI=1S/C23H17N3O2SSeTe/c1-24-21(27)15(22(28)25(2)23(24)29)13-14-11-12-20(31-14)26-16-7-3-5-9-18(16)30-19-10-6-4-8-17(19)26/h3-13H,1-2H3. The molecule has 1 aromatic heterocycles. The van der Waals surface area contributed by atoms with Gasteiger partial charge in [-0.05, 0) is 0 Å². The van der Waals surface area contributed by atoms with Gasteiger partial charge in [0.25, 0.3) is 0 Å². The van der Waals surface area contributed by atoms with Crippen LogP contribution in [0.25, 0.3) is 6.08 Å². The Morgan fingerprint density at radius 1 is 0.839 bits per heavy atom. The quantitative estimate of drug-likeness (QED) is 0.151. The summed E-state index contributed by atoms with van der Waals surface area (Å²) in [6.07, 6.45) is 1.76. The van der Waals surface area contributed by atoms with Crippen LogP contribution in [0.3, 0.4) is 0 Å². The Hall–Kier alpha value is -2.20. The van der Waals surface area contributed by atoms with E-state index in [1.807, 2.05) is 6.07 Å². The second-order valence-corrected chi connectivity index (χ2v) is 12.9. The number of carbonyl (C=O) groups is 2. The van der Waals surface area contributed by atoms with E-state index in [2.05, 4.69) is 59.5 Å². The molecule has 5 rings (SSSR count). The third kappa shape index (κ3) is 3.49. The summed E-state index contributed by atoms with van der Waals surface area (Å²) in [5.74, 6) is -0.683. The van der Waals surface area contributed by atoms with Crippen LogP contribution in [-0.4, -0.2) is 76.2 Å². The zero-order valence-electron chi connectivity index (χ0n) is 16.7. The number of nitrogens with zero attached hydrogens (tertiary/aromatic N) is 3. The Balaban J connectivity index is 1.57. The first-order valence-corrected chi connectivity index (χ1v) is 14.0. The zero-order valence-corrected chi connectivity index (χ0v) is 21.6. The van der Waals surface area contributed by atoms with E-state index in [0.29, 0.717) is 0 Å². The maximum absolute atomic E-state index is 12.7. The van der Waals surface area contributed by atoms with Crippen molar-refractivity contribution in [2.45, 2.75) is 0 Å². The van der Waals surface area contributed by atoms with E-state index < -0.39 is 20.4 Å². The summed E-state index contributed by atoms with van der Waals surface area (Å²) >= 11 is 4.67. The molecule has 0 aliphatic carbocycles. The molecule has 5 nitrogen and oxygen atoms in total. The van der Waals surface area contributed by atoms with Gasteiger partial charge in [-0.2, -0.15) is 0 Å². The molecule has 31 heavy (non-hydrogen) atoms. The predicted molar refractivity (Wildman–Crippen MR) is 129 cm³/mol. The molecule has 0 unspecified atom stereocenters. The van der Waals surface area contributed by atoms with Crippen molar-refractivity contribution in [3.8, 4) is 0 Å². The second-order valence-electron chi connectivity index (χ2n) is 7.12. The van der Waals surface area contributed by atoms with Crippen LogP contribution in [0.15, 0.2) is 66.2 Å². The third-order valence-electron chi connectivity index (χ3n) is 5.20. The van der Waals surface area contributed by atoms with Crippen molar-refractivity contribution >= 4 is 94.6 Å². The van der Waals surface area contributed by atoms with Gasteiger partial charge in [0, 0.05) is 0 Å². The maximum atomic E-state index is 12.7. The Bertz CT molecular complexity index is 1210. The van der Waals surface area contributed by atoms with Crippen molar-refractivity contribution in [2.75, 3.05) is 19.0 Å². The number of hydrogen-bond donors (Lipinski definition) is 0. The van der Waals surface area contributed by atoms with Crippen molar-refractivity contribution in [2.24, 2.45) is 0 Å². The average Bonchev–Trinajstić information content (AvgIpc) is 3.25. The molecular formula is C23H17N3O2SSeTe. The number of thiocarbonyl (C=S) groups is 1. The number of anilines is 3. The van der Waals surface area contributed by atoms with E-state index in [-0.39, 0.29) is 37.5 Å². The molecule has 3 aromatic rings. The van der Waals surface area contributed by atoms with Gasteiger partial charge in [0.15, 0.2) is 0 Å². The van der Waals surface area contributed by atoms with Crippen LogP contribution in [0.5, 0.6) is 0 Å². The first-order chi connectivity index (χ1) is 15.0. The molecule has 0 bridgehead atoms. The number of likely N-dealkylation sites (N-methyl/N-ethyl adjacent to an activating group) is 2. The van der Waals surface area contributed by atoms with Crippen LogP contribution in [0.2, 0.25) is 0 Å². The molecule has 3 heterocycles. The van der Waals surface area contributed by atoms with Gasteiger partial charge in [-0.1, -0.05) is 0 Å². The normalized spacial score (nSPS) is 15.9. The van der Waals surface area contributed by atoms with Gasteiger partial charge in [-0.15, -0.1) is 0 Å². The molecule has 0 radical (unpaired) electrons. The molecule has 1 saturated heterocycles. The van der Waals surface area contributed by atoms with E-state index >= 15 is 0 Å². The Kier molecular flexibility index (Phi) is 5.37. The minimum absolute atomic E-state index is 0.173. The van der Waals surface area contributed by atoms with E-state index in [1.165, 1.54) is 33.8 Å². The fourth-order valence-electron chi connectivity index (χ4n) is 3.60. The monoisotopic (exact) mass is 609 g/mol. The molecule has 0 spiro atoms. The number of fused-ring (bicyclic) bond motifs is 2. The number of rotatable bonds is 2. The SMILES string of the molecule is CN1C(=O)C(=Cc2ccc(N3c4ccccc4[Se]c4ccccc43)[te]2)C(=O)N(C)C1=S. The Labute approximate surface area is 201 Å². The molecule has 2 aliphatic rings. The van der Waals surface area contributed by atoms with E-state index in [9.17, 15) is 9.59 Å². The summed E-state index contributed by atoms with van der Waals surface area (Å²) in [5.41, 5.74) is 2.64. The van der Waals surface area contributed by atoms with E-state index in [0.717, 1.165) is 3.58 Å². The fourth-order valence-corrected chi connectivity index (χ4v) is 8.78. The molecule has 2 aliphatic heterocycles. The van der Waals surface area contributed by atoms with Crippen molar-refractivity contribution in [3.05, 3.63) is 69.8 Å². The van der Waals surface area contributed by atoms with Gasteiger partial charge in [0.05, 0.1) is 0 Å². The molecule has 0 N–H and O–H groups in total. The van der Waals surface area contributed by atoms with Gasteiger partial charge >= 0.3 is 203 Å². The summed E-state index contributed by atoms with van der Waals surface area (Å²) in [7, 11) is 3.21. The summed E-state index contributed by atoms with van der Waals surface area (Å²) < 4.78 is 5.03. The van der Waals surface area contributed by atoms with E-state index in [4.69, 9.17) is 12.2 Å². The molecule has 154 valence electrons. The number of carbonyl (C=O) groups excluding carboxylic acids is 2. The van der Waals surface area contributed by atoms with Crippen molar-refractivity contribution in [1.82, 2.24) is 9.80 Å². The number of benzene rings is 2. The Morgan fingerprint density at radius 3 is 1.97 bits per heavy atom.